The number of anilines is 1. The summed E-state index contributed by atoms with van der Waals surface area (Å²) in [5.41, 5.74) is 2.94. The summed E-state index contributed by atoms with van der Waals surface area (Å²) in [6.07, 6.45) is 1.69. The second kappa shape index (κ2) is 8.28. The lowest BCUT2D eigenvalue weighted by atomic mass is 10.1. The van der Waals surface area contributed by atoms with Crippen LogP contribution in [0.5, 0.6) is 0 Å². The van der Waals surface area contributed by atoms with E-state index >= 15 is 4.39 Å². The first-order valence-corrected chi connectivity index (χ1v) is 13.7. The van der Waals surface area contributed by atoms with E-state index < -0.39 is 8.07 Å². The Balaban J connectivity index is 1.76. The van der Waals surface area contributed by atoms with Gasteiger partial charge in [0.1, 0.15) is 12.2 Å². The number of piperazine rings is 1. The molecule has 1 saturated heterocycles. The Morgan fingerprint density at radius 1 is 1.19 bits per heavy atom. The quantitative estimate of drug-likeness (QED) is 0.528. The largest absolute Gasteiger partial charge is 0.366 e. The highest BCUT2D eigenvalue weighted by Gasteiger charge is 2.23. The van der Waals surface area contributed by atoms with Gasteiger partial charge in [-0.05, 0) is 31.1 Å². The molecule has 1 aromatic heterocycles. The molecule has 0 unspecified atom stereocenters. The standard InChI is InChI=1S/C20H33FN4OSi/c1-6-23-7-9-24(10-8-23)20-16(2)13-17-19(18(20)21)22-14-25(17)15-26-11-12-27(3,4)5/h13-14H,6-12,15H2,1-5H3. The van der Waals surface area contributed by atoms with E-state index in [2.05, 4.69) is 47.4 Å². The van der Waals surface area contributed by atoms with Gasteiger partial charge >= 0.3 is 0 Å². The van der Waals surface area contributed by atoms with Crippen molar-refractivity contribution in [2.24, 2.45) is 0 Å². The molecule has 0 N–H and O–H groups in total. The molecule has 2 aromatic rings. The van der Waals surface area contributed by atoms with Crippen molar-refractivity contribution in [3.63, 3.8) is 0 Å². The predicted octanol–water partition coefficient (Wildman–Crippen LogP) is 3.94. The first kappa shape index (κ1) is 20.3. The number of hydrogen-bond acceptors (Lipinski definition) is 4. The molecule has 0 radical (unpaired) electrons. The maximum atomic E-state index is 15.3. The van der Waals surface area contributed by atoms with E-state index in [1.54, 1.807) is 6.33 Å². The van der Waals surface area contributed by atoms with Crippen LogP contribution in [-0.4, -0.2) is 61.9 Å². The molecule has 5 nitrogen and oxygen atoms in total. The smallest absolute Gasteiger partial charge is 0.174 e. The molecule has 0 bridgehead atoms. The third-order valence-electron chi connectivity index (χ3n) is 5.38. The fourth-order valence-corrected chi connectivity index (χ4v) is 4.35. The van der Waals surface area contributed by atoms with Crippen molar-refractivity contribution < 1.29 is 9.13 Å². The minimum Gasteiger partial charge on any atom is -0.366 e. The summed E-state index contributed by atoms with van der Waals surface area (Å²) < 4.78 is 23.0. The van der Waals surface area contributed by atoms with Gasteiger partial charge in [-0.15, -0.1) is 0 Å². The zero-order valence-electron chi connectivity index (χ0n) is 17.4. The topological polar surface area (TPSA) is 33.5 Å². The molecule has 1 aromatic carbocycles. The van der Waals surface area contributed by atoms with Crippen LogP contribution in [0.1, 0.15) is 12.5 Å². The van der Waals surface area contributed by atoms with Gasteiger partial charge in [0.05, 0.1) is 17.5 Å². The second-order valence-electron chi connectivity index (χ2n) is 8.71. The maximum absolute atomic E-state index is 15.3. The Bertz CT molecular complexity index is 778. The van der Waals surface area contributed by atoms with Gasteiger partial charge < -0.3 is 19.1 Å². The van der Waals surface area contributed by atoms with Crippen LogP contribution in [0.4, 0.5) is 10.1 Å². The molecule has 1 fully saturated rings. The van der Waals surface area contributed by atoms with Crippen molar-refractivity contribution in [2.45, 2.75) is 46.3 Å². The number of fused-ring (bicyclic) bond motifs is 1. The Morgan fingerprint density at radius 2 is 1.89 bits per heavy atom. The van der Waals surface area contributed by atoms with Gasteiger partial charge in [0.15, 0.2) is 5.82 Å². The van der Waals surface area contributed by atoms with Gasteiger partial charge in [-0.25, -0.2) is 9.37 Å². The number of nitrogens with zero attached hydrogens (tertiary/aromatic N) is 4. The Morgan fingerprint density at radius 3 is 2.52 bits per heavy atom. The molecular weight excluding hydrogens is 359 g/mol. The predicted molar refractivity (Wildman–Crippen MR) is 113 cm³/mol. The lowest BCUT2D eigenvalue weighted by Crippen LogP contribution is -2.46. The molecule has 0 atom stereocenters. The zero-order chi connectivity index (χ0) is 19.6. The van der Waals surface area contributed by atoms with Gasteiger partial charge in [-0.1, -0.05) is 26.6 Å². The number of benzene rings is 1. The Labute approximate surface area is 163 Å². The zero-order valence-corrected chi connectivity index (χ0v) is 18.4. The van der Waals surface area contributed by atoms with Crippen molar-refractivity contribution in [1.82, 2.24) is 14.5 Å². The van der Waals surface area contributed by atoms with Crippen LogP contribution in [0.2, 0.25) is 25.7 Å². The third kappa shape index (κ3) is 4.70. The molecule has 27 heavy (non-hydrogen) atoms. The van der Waals surface area contributed by atoms with Crippen molar-refractivity contribution >= 4 is 24.8 Å². The van der Waals surface area contributed by atoms with Gasteiger partial charge in [0.25, 0.3) is 0 Å². The lowest BCUT2D eigenvalue weighted by Gasteiger charge is -2.36. The average molecular weight is 393 g/mol. The highest BCUT2D eigenvalue weighted by Crippen LogP contribution is 2.31. The Kier molecular flexibility index (Phi) is 6.23. The second-order valence-corrected chi connectivity index (χ2v) is 14.3. The summed E-state index contributed by atoms with van der Waals surface area (Å²) in [4.78, 5) is 8.92. The molecule has 150 valence electrons. The molecule has 0 spiro atoms. The fourth-order valence-electron chi connectivity index (χ4n) is 3.59. The van der Waals surface area contributed by atoms with Gasteiger partial charge in [0.2, 0.25) is 0 Å². The van der Waals surface area contributed by atoms with Gasteiger partial charge in [0, 0.05) is 40.9 Å². The molecule has 1 aliphatic heterocycles. The van der Waals surface area contributed by atoms with Crippen LogP contribution >= 0.6 is 0 Å². The van der Waals surface area contributed by atoms with Gasteiger partial charge in [-0.2, -0.15) is 0 Å². The molecule has 0 saturated carbocycles. The summed E-state index contributed by atoms with van der Waals surface area (Å²) in [7, 11) is -1.10. The summed E-state index contributed by atoms with van der Waals surface area (Å²) >= 11 is 0. The van der Waals surface area contributed by atoms with Crippen molar-refractivity contribution in [3.05, 3.63) is 23.8 Å². The van der Waals surface area contributed by atoms with Gasteiger partial charge in [-0.3, -0.25) is 0 Å². The molecule has 1 aliphatic rings. The van der Waals surface area contributed by atoms with Crippen molar-refractivity contribution in [3.8, 4) is 0 Å². The van der Waals surface area contributed by atoms with Crippen LogP contribution < -0.4 is 4.90 Å². The normalized spacial score (nSPS) is 16.4. The number of imidazole rings is 1. The molecule has 0 aliphatic carbocycles. The minimum absolute atomic E-state index is 0.198. The van der Waals surface area contributed by atoms with Crippen LogP contribution in [0.3, 0.4) is 0 Å². The maximum Gasteiger partial charge on any atom is 0.174 e. The molecule has 7 heteroatoms. The molecule has 2 heterocycles. The van der Waals surface area contributed by atoms with E-state index in [0.717, 1.165) is 56.5 Å². The first-order chi connectivity index (χ1) is 12.8. The van der Waals surface area contributed by atoms with E-state index in [4.69, 9.17) is 4.74 Å². The van der Waals surface area contributed by atoms with E-state index in [0.29, 0.717) is 17.9 Å². The minimum atomic E-state index is -1.10. The monoisotopic (exact) mass is 392 g/mol. The summed E-state index contributed by atoms with van der Waals surface area (Å²) in [5, 5.41) is 0. The number of rotatable bonds is 7. The fraction of sp³-hybridized carbons (Fsp3) is 0.650. The van der Waals surface area contributed by atoms with Crippen LogP contribution in [0, 0.1) is 12.7 Å². The summed E-state index contributed by atoms with van der Waals surface area (Å²) in [5.74, 6) is -0.198. The highest BCUT2D eigenvalue weighted by molar-refractivity contribution is 6.76. The van der Waals surface area contributed by atoms with E-state index in [9.17, 15) is 0 Å². The third-order valence-corrected chi connectivity index (χ3v) is 7.09. The summed E-state index contributed by atoms with van der Waals surface area (Å²) in [6, 6.07) is 3.18. The molecular formula is C20H33FN4OSi. The Hall–Kier alpha value is -1.44. The number of ether oxygens (including phenoxy) is 1. The average Bonchev–Trinajstić information content (AvgIpc) is 3.01. The number of aryl methyl sites for hydroxylation is 1. The van der Waals surface area contributed by atoms with E-state index in [1.165, 1.54) is 0 Å². The van der Waals surface area contributed by atoms with Crippen molar-refractivity contribution in [2.75, 3.05) is 44.2 Å². The van der Waals surface area contributed by atoms with Crippen molar-refractivity contribution in [1.29, 1.82) is 0 Å². The first-order valence-electron chi connectivity index (χ1n) is 9.99. The SMILES string of the molecule is CCN1CCN(c2c(C)cc3c(ncn3COCC[Si](C)(C)C)c2F)CC1. The highest BCUT2D eigenvalue weighted by atomic mass is 28.3. The number of likely N-dealkylation sites (N-methyl/N-ethyl adjacent to an activating group) is 1. The summed E-state index contributed by atoms with van der Waals surface area (Å²) in [6.45, 7) is 17.1. The van der Waals surface area contributed by atoms with Crippen LogP contribution in [0.25, 0.3) is 11.0 Å². The van der Waals surface area contributed by atoms with E-state index in [1.807, 2.05) is 11.5 Å². The molecule has 0 amide bonds. The number of hydrogen-bond donors (Lipinski definition) is 0. The van der Waals surface area contributed by atoms with Crippen LogP contribution in [0.15, 0.2) is 12.4 Å². The van der Waals surface area contributed by atoms with Crippen LogP contribution in [-0.2, 0) is 11.5 Å². The molecule has 3 rings (SSSR count). The number of aromatic nitrogens is 2. The number of halogens is 1. The van der Waals surface area contributed by atoms with E-state index in [-0.39, 0.29) is 5.82 Å². The lowest BCUT2D eigenvalue weighted by molar-refractivity contribution is 0.0898.